The maximum atomic E-state index is 12.6. The minimum absolute atomic E-state index is 0.0821. The fourth-order valence-corrected chi connectivity index (χ4v) is 2.80. The van der Waals surface area contributed by atoms with E-state index in [0.717, 1.165) is 13.1 Å². The molecule has 0 amide bonds. The van der Waals surface area contributed by atoms with Crippen LogP contribution in [0.15, 0.2) is 24.3 Å². The number of ether oxygens (including phenoxy) is 1. The molecule has 1 aromatic rings. The van der Waals surface area contributed by atoms with Gasteiger partial charge in [-0.15, -0.1) is 0 Å². The van der Waals surface area contributed by atoms with Crippen LogP contribution in [0.1, 0.15) is 50.0 Å². The predicted octanol–water partition coefficient (Wildman–Crippen LogP) is 3.04. The molecule has 0 aliphatic heterocycles. The van der Waals surface area contributed by atoms with E-state index in [1.807, 2.05) is 26.8 Å². The van der Waals surface area contributed by atoms with Gasteiger partial charge < -0.3 is 9.64 Å². The van der Waals surface area contributed by atoms with Crippen molar-refractivity contribution in [1.82, 2.24) is 4.90 Å². The highest BCUT2D eigenvalue weighted by Crippen LogP contribution is 2.20. The summed E-state index contributed by atoms with van der Waals surface area (Å²) >= 11 is 0. The molecule has 1 aromatic carbocycles. The average molecular weight is 330 g/mol. The van der Waals surface area contributed by atoms with Crippen LogP contribution < -0.4 is 0 Å². The normalized spacial score (nSPS) is 13.2. The number of hydrogen-bond donors (Lipinski definition) is 0. The Hall–Kier alpha value is -2.19. The average Bonchev–Trinajstić information content (AvgIpc) is 2.60. The van der Waals surface area contributed by atoms with Crippen molar-refractivity contribution in [2.45, 2.75) is 40.2 Å². The molecule has 1 rings (SSSR count). The summed E-state index contributed by atoms with van der Waals surface area (Å²) in [6.07, 6.45) is 0.0996. The van der Waals surface area contributed by atoms with Gasteiger partial charge in [0.05, 0.1) is 24.2 Å². The minimum Gasteiger partial charge on any atom is -0.466 e. The van der Waals surface area contributed by atoms with Gasteiger partial charge in [0.1, 0.15) is 0 Å². The maximum absolute atomic E-state index is 12.6. The molecular weight excluding hydrogens is 304 g/mol. The van der Waals surface area contributed by atoms with Crippen molar-refractivity contribution >= 4 is 11.8 Å². The third kappa shape index (κ3) is 5.17. The highest BCUT2D eigenvalue weighted by molar-refractivity contribution is 5.98. The molecule has 24 heavy (non-hydrogen) atoms. The fraction of sp³-hybridized carbons (Fsp3) is 0.526. The van der Waals surface area contributed by atoms with E-state index in [1.165, 1.54) is 0 Å². The summed E-state index contributed by atoms with van der Waals surface area (Å²) < 4.78 is 5.18. The van der Waals surface area contributed by atoms with E-state index in [4.69, 9.17) is 10.00 Å². The van der Waals surface area contributed by atoms with E-state index in [1.54, 1.807) is 31.2 Å². The monoisotopic (exact) mass is 330 g/mol. The zero-order valence-electron chi connectivity index (χ0n) is 14.9. The largest absolute Gasteiger partial charge is 0.466 e. The number of nitrogens with zero attached hydrogens (tertiary/aromatic N) is 2. The SMILES string of the molecule is CCOC(=O)C(CC(=O)c1ccc(C#N)cc1)C(C)N(CC)CC. The number of Topliss-reactive ketones (excluding diaryl/α,β-unsaturated/α-hetero) is 1. The Bertz CT molecular complexity index is 586. The summed E-state index contributed by atoms with van der Waals surface area (Å²) in [6.45, 7) is 9.69. The lowest BCUT2D eigenvalue weighted by Gasteiger charge is -2.31. The molecule has 0 saturated carbocycles. The Balaban J connectivity index is 2.96. The van der Waals surface area contributed by atoms with Crippen molar-refractivity contribution in [2.75, 3.05) is 19.7 Å². The standard InChI is InChI=1S/C19H26N2O3/c1-5-21(6-2)14(4)17(19(23)24-7-3)12-18(22)16-10-8-15(13-20)9-11-16/h8-11,14,17H,5-7,12H2,1-4H3. The Morgan fingerprint density at radius 1 is 1.17 bits per heavy atom. The zero-order chi connectivity index (χ0) is 18.1. The molecule has 0 radical (unpaired) electrons. The number of carbonyl (C=O) groups excluding carboxylic acids is 2. The first-order chi connectivity index (χ1) is 11.5. The molecule has 5 heteroatoms. The molecule has 0 aliphatic carbocycles. The number of nitriles is 1. The van der Waals surface area contributed by atoms with Crippen LogP contribution in [0.3, 0.4) is 0 Å². The number of benzene rings is 1. The Morgan fingerprint density at radius 3 is 2.21 bits per heavy atom. The van der Waals surface area contributed by atoms with Gasteiger partial charge in [-0.1, -0.05) is 26.0 Å². The number of hydrogen-bond acceptors (Lipinski definition) is 5. The van der Waals surface area contributed by atoms with Crippen molar-refractivity contribution in [3.8, 4) is 6.07 Å². The first-order valence-corrected chi connectivity index (χ1v) is 8.42. The lowest BCUT2D eigenvalue weighted by molar-refractivity contribution is -0.150. The van der Waals surface area contributed by atoms with Crippen molar-refractivity contribution in [1.29, 1.82) is 5.26 Å². The molecule has 0 saturated heterocycles. The fourth-order valence-electron chi connectivity index (χ4n) is 2.80. The lowest BCUT2D eigenvalue weighted by Crippen LogP contribution is -2.43. The third-order valence-corrected chi connectivity index (χ3v) is 4.30. The molecule has 0 heterocycles. The third-order valence-electron chi connectivity index (χ3n) is 4.30. The topological polar surface area (TPSA) is 70.4 Å². The van der Waals surface area contributed by atoms with Gasteiger partial charge in [0.15, 0.2) is 5.78 Å². The Labute approximate surface area is 144 Å². The lowest BCUT2D eigenvalue weighted by atomic mass is 9.91. The smallest absolute Gasteiger partial charge is 0.310 e. The first kappa shape index (κ1) is 19.9. The molecule has 0 bridgehead atoms. The Kier molecular flexibility index (Phi) is 8.14. The van der Waals surface area contributed by atoms with Crippen molar-refractivity contribution in [2.24, 2.45) is 5.92 Å². The minimum atomic E-state index is -0.506. The van der Waals surface area contributed by atoms with E-state index >= 15 is 0 Å². The number of carbonyl (C=O) groups is 2. The summed E-state index contributed by atoms with van der Waals surface area (Å²) in [5.74, 6) is -0.955. The van der Waals surface area contributed by atoms with E-state index < -0.39 is 5.92 Å². The number of esters is 1. The zero-order valence-corrected chi connectivity index (χ0v) is 14.9. The van der Waals surface area contributed by atoms with Crippen LogP contribution in [-0.4, -0.2) is 42.4 Å². The molecule has 0 aromatic heterocycles. The number of rotatable bonds is 9. The molecule has 2 atom stereocenters. The van der Waals surface area contributed by atoms with Crippen LogP contribution in [0, 0.1) is 17.2 Å². The van der Waals surface area contributed by atoms with E-state index in [-0.39, 0.29) is 24.2 Å². The Morgan fingerprint density at radius 2 is 1.75 bits per heavy atom. The number of ketones is 1. The summed E-state index contributed by atoms with van der Waals surface area (Å²) in [7, 11) is 0. The summed E-state index contributed by atoms with van der Waals surface area (Å²) in [5.41, 5.74) is 1.01. The predicted molar refractivity (Wildman–Crippen MR) is 92.6 cm³/mol. The van der Waals surface area contributed by atoms with Crippen LogP contribution in [0.4, 0.5) is 0 Å². The van der Waals surface area contributed by atoms with Crippen molar-refractivity contribution in [3.63, 3.8) is 0 Å². The molecule has 2 unspecified atom stereocenters. The second-order valence-corrected chi connectivity index (χ2v) is 5.64. The van der Waals surface area contributed by atoms with Gasteiger partial charge in [-0.05, 0) is 39.1 Å². The first-order valence-electron chi connectivity index (χ1n) is 8.42. The van der Waals surface area contributed by atoms with Gasteiger partial charge in [0.25, 0.3) is 0 Å². The van der Waals surface area contributed by atoms with Crippen LogP contribution in [-0.2, 0) is 9.53 Å². The van der Waals surface area contributed by atoms with Crippen LogP contribution in [0.5, 0.6) is 0 Å². The quantitative estimate of drug-likeness (QED) is 0.514. The molecule has 5 nitrogen and oxygen atoms in total. The highest BCUT2D eigenvalue weighted by Gasteiger charge is 2.31. The summed E-state index contributed by atoms with van der Waals surface area (Å²) in [6, 6.07) is 8.43. The van der Waals surface area contributed by atoms with Crippen molar-refractivity contribution < 1.29 is 14.3 Å². The molecule has 130 valence electrons. The molecule has 0 aliphatic rings. The van der Waals surface area contributed by atoms with Gasteiger partial charge in [0.2, 0.25) is 0 Å². The molecule has 0 spiro atoms. The van der Waals surface area contributed by atoms with Crippen LogP contribution >= 0.6 is 0 Å². The van der Waals surface area contributed by atoms with E-state index in [2.05, 4.69) is 4.90 Å². The van der Waals surface area contributed by atoms with Crippen LogP contribution in [0.25, 0.3) is 0 Å². The maximum Gasteiger partial charge on any atom is 0.310 e. The second kappa shape index (κ2) is 9.84. The van der Waals surface area contributed by atoms with Gasteiger partial charge in [-0.3, -0.25) is 9.59 Å². The van der Waals surface area contributed by atoms with Gasteiger partial charge in [-0.2, -0.15) is 5.26 Å². The van der Waals surface area contributed by atoms with Crippen LogP contribution in [0.2, 0.25) is 0 Å². The van der Waals surface area contributed by atoms with Crippen molar-refractivity contribution in [3.05, 3.63) is 35.4 Å². The molecule has 0 fully saturated rings. The van der Waals surface area contributed by atoms with Gasteiger partial charge >= 0.3 is 5.97 Å². The van der Waals surface area contributed by atoms with Gasteiger partial charge in [0, 0.05) is 18.0 Å². The molecular formula is C19H26N2O3. The van der Waals surface area contributed by atoms with E-state index in [9.17, 15) is 9.59 Å². The highest BCUT2D eigenvalue weighted by atomic mass is 16.5. The van der Waals surface area contributed by atoms with E-state index in [0.29, 0.717) is 17.7 Å². The molecule has 0 N–H and O–H groups in total. The summed E-state index contributed by atoms with van der Waals surface area (Å²) in [4.78, 5) is 27.0. The summed E-state index contributed by atoms with van der Waals surface area (Å²) in [5, 5.41) is 8.83. The van der Waals surface area contributed by atoms with Gasteiger partial charge in [-0.25, -0.2) is 0 Å². The second-order valence-electron chi connectivity index (χ2n) is 5.64.